The summed E-state index contributed by atoms with van der Waals surface area (Å²) in [6, 6.07) is 28.7. The van der Waals surface area contributed by atoms with E-state index >= 15 is 0 Å². The summed E-state index contributed by atoms with van der Waals surface area (Å²) in [6.07, 6.45) is 38.0. The standard InChI is InChI=1S/C80H105BrN4S2/c1-15-17-19-21-23-25-27-29-31-33-35-54-45-70(86-53-54)74-66-41-37-62(82-66)72(56-46-58(77(3,4)5)51-59(47-56)78(6,7)8)64-39-43-68(84-64)75(71-50-55(76(81)87-71)36-34-32-30-28-26-24-22-20-18-16-2)69-44-40-65(85-69)73(63-38-42-67(74)83-63)57-48-60(79(9,10)11)52-61(49-57)80(12,13)14/h37-53,82,85H,15-36H2,1-14H3. The summed E-state index contributed by atoms with van der Waals surface area (Å²) >= 11 is 7.83. The van der Waals surface area contributed by atoms with Gasteiger partial charge in [-0.05, 0) is 174 Å². The Balaban J connectivity index is 1.26. The minimum atomic E-state index is -0.0735. The molecule has 8 bridgehead atoms. The van der Waals surface area contributed by atoms with Gasteiger partial charge in [0.1, 0.15) is 0 Å². The maximum absolute atomic E-state index is 5.84. The fraction of sp³-hybridized carbons (Fsp3) is 0.500. The Morgan fingerprint density at radius 2 is 0.713 bits per heavy atom. The number of aromatic amines is 2. The molecule has 0 fully saturated rings. The number of hydrogen-bond donors (Lipinski definition) is 2. The van der Waals surface area contributed by atoms with Gasteiger partial charge in [0.15, 0.2) is 0 Å². The number of benzene rings is 2. The first kappa shape index (κ1) is 66.3. The molecule has 5 aromatic heterocycles. The van der Waals surface area contributed by atoms with Gasteiger partial charge in [-0.3, -0.25) is 0 Å². The highest BCUT2D eigenvalue weighted by molar-refractivity contribution is 9.11. The second-order valence-electron chi connectivity index (χ2n) is 29.7. The minimum absolute atomic E-state index is 0.0735. The number of H-pyrrole nitrogens is 2. The fourth-order valence-electron chi connectivity index (χ4n) is 12.6. The average molecular weight is 1270 g/mol. The Hall–Kier alpha value is -5.08. The van der Waals surface area contributed by atoms with Crippen molar-refractivity contribution in [1.82, 2.24) is 19.9 Å². The van der Waals surface area contributed by atoms with Crippen molar-refractivity contribution >= 4 is 85.0 Å². The molecular weight excluding hydrogens is 1160 g/mol. The Morgan fingerprint density at radius 3 is 1.09 bits per heavy atom. The number of unbranched alkanes of at least 4 members (excludes halogenated alkanes) is 18. The third-order valence-corrected chi connectivity index (χ3v) is 21.2. The van der Waals surface area contributed by atoms with Gasteiger partial charge in [0, 0.05) is 54.1 Å². The number of aromatic nitrogens is 4. The van der Waals surface area contributed by atoms with Crippen molar-refractivity contribution in [3.8, 4) is 43.1 Å². The molecule has 7 heteroatoms. The van der Waals surface area contributed by atoms with Crippen LogP contribution < -0.4 is 0 Å². The van der Waals surface area contributed by atoms with Gasteiger partial charge in [-0.15, -0.1) is 22.7 Å². The zero-order chi connectivity index (χ0) is 62.1. The van der Waals surface area contributed by atoms with Gasteiger partial charge in [0.25, 0.3) is 0 Å². The van der Waals surface area contributed by atoms with Crippen LogP contribution in [0.2, 0.25) is 0 Å². The Bertz CT molecular complexity index is 3550. The first-order chi connectivity index (χ1) is 41.5. The van der Waals surface area contributed by atoms with Crippen LogP contribution in [0.1, 0.15) is 282 Å². The zero-order valence-corrected chi connectivity index (χ0v) is 59.2. The molecule has 0 unspecified atom stereocenters. The van der Waals surface area contributed by atoms with Gasteiger partial charge in [-0.2, -0.15) is 0 Å². The summed E-state index contributed by atoms with van der Waals surface area (Å²) in [5, 5.41) is 2.41. The van der Waals surface area contributed by atoms with E-state index in [9.17, 15) is 0 Å². The Labute approximate surface area is 542 Å². The lowest BCUT2D eigenvalue weighted by molar-refractivity contribution is 0.556. The topological polar surface area (TPSA) is 57.4 Å². The van der Waals surface area contributed by atoms with Crippen molar-refractivity contribution in [3.63, 3.8) is 0 Å². The smallest absolute Gasteiger partial charge is 0.0745 e. The van der Waals surface area contributed by atoms with Gasteiger partial charge < -0.3 is 9.97 Å². The molecule has 0 saturated carbocycles. The van der Waals surface area contributed by atoms with Crippen LogP contribution in [0, 0.1) is 0 Å². The van der Waals surface area contributed by atoms with Crippen LogP contribution >= 0.6 is 38.6 Å². The van der Waals surface area contributed by atoms with Gasteiger partial charge >= 0.3 is 0 Å². The van der Waals surface area contributed by atoms with Crippen molar-refractivity contribution < 1.29 is 0 Å². The largest absolute Gasteiger partial charge is 0.354 e. The van der Waals surface area contributed by atoms with Crippen molar-refractivity contribution in [2.24, 2.45) is 0 Å². The number of rotatable bonds is 26. The van der Waals surface area contributed by atoms with Crippen molar-refractivity contribution in [1.29, 1.82) is 0 Å². The molecule has 7 aromatic rings. The molecule has 0 spiro atoms. The third-order valence-electron chi connectivity index (χ3n) is 18.2. The van der Waals surface area contributed by atoms with Crippen LogP contribution in [0.5, 0.6) is 0 Å². The Kier molecular flexibility index (Phi) is 22.3. The molecule has 7 heterocycles. The van der Waals surface area contributed by atoms with Gasteiger partial charge in [-0.25, -0.2) is 9.97 Å². The molecule has 2 aliphatic heterocycles. The molecule has 2 aliphatic rings. The minimum Gasteiger partial charge on any atom is -0.354 e. The highest BCUT2D eigenvalue weighted by Crippen LogP contribution is 2.45. The second kappa shape index (κ2) is 29.3. The van der Waals surface area contributed by atoms with Crippen LogP contribution in [0.15, 0.2) is 82.0 Å². The number of hydrogen-bond acceptors (Lipinski definition) is 4. The lowest BCUT2D eigenvalue weighted by Crippen LogP contribution is -2.16. The molecule has 0 saturated heterocycles. The Morgan fingerprint density at radius 1 is 0.379 bits per heavy atom. The molecule has 4 nitrogen and oxygen atoms in total. The van der Waals surface area contributed by atoms with Crippen LogP contribution in [0.4, 0.5) is 0 Å². The summed E-state index contributed by atoms with van der Waals surface area (Å²) in [5.74, 6) is 0. The van der Waals surface area contributed by atoms with E-state index in [1.807, 2.05) is 22.7 Å². The fourth-order valence-corrected chi connectivity index (χ4v) is 15.4. The van der Waals surface area contributed by atoms with E-state index in [2.05, 4.69) is 225 Å². The van der Waals surface area contributed by atoms with Crippen molar-refractivity contribution in [2.45, 2.75) is 260 Å². The molecule has 2 aromatic carbocycles. The highest BCUT2D eigenvalue weighted by Gasteiger charge is 2.27. The number of thiophene rings is 2. The second-order valence-corrected chi connectivity index (χ2v) is 33.0. The molecule has 0 radical (unpaired) electrons. The predicted octanol–water partition coefficient (Wildman–Crippen LogP) is 26.3. The normalized spacial score (nSPS) is 13.0. The summed E-state index contributed by atoms with van der Waals surface area (Å²) in [6.45, 7) is 32.7. The van der Waals surface area contributed by atoms with Gasteiger partial charge in [0.05, 0.1) is 26.6 Å². The van der Waals surface area contributed by atoms with E-state index < -0.39 is 0 Å². The first-order valence-electron chi connectivity index (χ1n) is 33.9. The van der Waals surface area contributed by atoms with E-state index in [1.165, 1.54) is 186 Å². The average Bonchev–Trinajstić information content (AvgIpc) is 1.79. The first-order valence-corrected chi connectivity index (χ1v) is 36.3. The number of nitrogens with one attached hydrogen (secondary N) is 2. The SMILES string of the molecule is CCCCCCCCCCCCc1csc(-c2c3nc(c(-c4cc(C(C)(C)C)cc(C(C)(C)C)c4)c4ccc([nH]4)c(-c4cc(CCCCCCCCCCCC)c(Br)s4)c4nc(c(-c5cc(C(C)(C)C)cc(C(C)(C)C)c5)c5ccc2[nH]5)C=C4)C=C3)c1. The van der Waals surface area contributed by atoms with E-state index in [4.69, 9.17) is 9.97 Å². The maximum Gasteiger partial charge on any atom is 0.0745 e. The van der Waals surface area contributed by atoms with Crippen LogP contribution in [-0.4, -0.2) is 19.9 Å². The highest BCUT2D eigenvalue weighted by atomic mass is 79.9. The molecule has 2 N–H and O–H groups in total. The molecule has 0 atom stereocenters. The summed E-state index contributed by atoms with van der Waals surface area (Å²) in [5.41, 5.74) is 22.6. The summed E-state index contributed by atoms with van der Waals surface area (Å²) in [7, 11) is 0. The zero-order valence-electron chi connectivity index (χ0n) is 56.0. The molecule has 0 amide bonds. The van der Waals surface area contributed by atoms with Crippen molar-refractivity contribution in [3.05, 3.63) is 138 Å². The van der Waals surface area contributed by atoms with Gasteiger partial charge in [-0.1, -0.05) is 249 Å². The quantitative estimate of drug-likeness (QED) is 0.0531. The monoisotopic (exact) mass is 1260 g/mol. The molecular formula is C80H105BrN4S2. The van der Waals surface area contributed by atoms with Crippen LogP contribution in [0.25, 0.3) is 89.5 Å². The van der Waals surface area contributed by atoms with Crippen molar-refractivity contribution in [2.75, 3.05) is 0 Å². The molecule has 0 aliphatic carbocycles. The van der Waals surface area contributed by atoms with E-state index in [1.54, 1.807) is 0 Å². The third kappa shape index (κ3) is 17.1. The molecule has 464 valence electrons. The summed E-state index contributed by atoms with van der Waals surface area (Å²) in [4.78, 5) is 22.4. The lowest BCUT2D eigenvalue weighted by atomic mass is 9.78. The lowest BCUT2D eigenvalue weighted by Gasteiger charge is -2.26. The van der Waals surface area contributed by atoms with E-state index in [0.29, 0.717) is 0 Å². The maximum atomic E-state index is 5.84. The number of aryl methyl sites for hydroxylation is 2. The van der Waals surface area contributed by atoms with Gasteiger partial charge in [0.2, 0.25) is 0 Å². The predicted molar refractivity (Wildman–Crippen MR) is 390 cm³/mol. The van der Waals surface area contributed by atoms with Crippen LogP contribution in [-0.2, 0) is 34.5 Å². The number of nitrogens with zero attached hydrogens (tertiary/aromatic N) is 2. The number of halogens is 1. The van der Waals surface area contributed by atoms with Crippen LogP contribution in [0.3, 0.4) is 0 Å². The molecule has 87 heavy (non-hydrogen) atoms. The molecule has 9 rings (SSSR count). The number of fused-ring (bicyclic) bond motifs is 8. The van der Waals surface area contributed by atoms with E-state index in [-0.39, 0.29) is 21.7 Å². The van der Waals surface area contributed by atoms with E-state index in [0.717, 1.165) is 79.9 Å². The summed E-state index contributed by atoms with van der Waals surface area (Å²) < 4.78 is 1.21.